The standard InChI is InChI=1S/C11H15NO2/c1-7-3-9(8-5-12-6-8)11(13)10(4-7)14-2/h3-4,8,12-13H,5-6H2,1-2H3. The third-order valence-electron chi connectivity index (χ3n) is 2.69. The Morgan fingerprint density at radius 1 is 1.43 bits per heavy atom. The van der Waals surface area contributed by atoms with Gasteiger partial charge in [0.2, 0.25) is 0 Å². The van der Waals surface area contributed by atoms with Gasteiger partial charge in [0.25, 0.3) is 0 Å². The summed E-state index contributed by atoms with van der Waals surface area (Å²) in [5.41, 5.74) is 2.13. The fraction of sp³-hybridized carbons (Fsp3) is 0.455. The van der Waals surface area contributed by atoms with Crippen molar-refractivity contribution >= 4 is 0 Å². The van der Waals surface area contributed by atoms with Crippen LogP contribution in [-0.4, -0.2) is 25.3 Å². The Labute approximate surface area is 83.7 Å². The number of aryl methyl sites for hydroxylation is 1. The van der Waals surface area contributed by atoms with E-state index in [1.54, 1.807) is 7.11 Å². The molecule has 0 radical (unpaired) electrons. The number of ether oxygens (including phenoxy) is 1. The molecular formula is C11H15NO2. The van der Waals surface area contributed by atoms with Crippen LogP contribution in [0.5, 0.6) is 11.5 Å². The van der Waals surface area contributed by atoms with Crippen molar-refractivity contribution < 1.29 is 9.84 Å². The Kier molecular flexibility index (Phi) is 2.33. The number of benzene rings is 1. The Morgan fingerprint density at radius 3 is 2.64 bits per heavy atom. The van der Waals surface area contributed by atoms with Gasteiger partial charge >= 0.3 is 0 Å². The monoisotopic (exact) mass is 193 g/mol. The molecule has 0 bridgehead atoms. The first-order valence-electron chi connectivity index (χ1n) is 4.80. The average molecular weight is 193 g/mol. The van der Waals surface area contributed by atoms with Crippen molar-refractivity contribution in [3.8, 4) is 11.5 Å². The molecule has 1 aliphatic heterocycles. The van der Waals surface area contributed by atoms with Crippen molar-refractivity contribution in [1.29, 1.82) is 0 Å². The lowest BCUT2D eigenvalue weighted by Crippen LogP contribution is -2.39. The van der Waals surface area contributed by atoms with E-state index in [1.165, 1.54) is 0 Å². The normalized spacial score (nSPS) is 16.4. The van der Waals surface area contributed by atoms with Crippen LogP contribution in [0.15, 0.2) is 12.1 Å². The first kappa shape index (κ1) is 9.34. The van der Waals surface area contributed by atoms with Crippen molar-refractivity contribution in [2.45, 2.75) is 12.8 Å². The van der Waals surface area contributed by atoms with Crippen LogP contribution in [0.4, 0.5) is 0 Å². The molecule has 0 aliphatic carbocycles. The summed E-state index contributed by atoms with van der Waals surface area (Å²) in [7, 11) is 1.58. The van der Waals surface area contributed by atoms with E-state index in [9.17, 15) is 5.11 Å². The zero-order chi connectivity index (χ0) is 10.1. The number of phenols is 1. The van der Waals surface area contributed by atoms with Crippen LogP contribution in [0, 0.1) is 6.92 Å². The van der Waals surface area contributed by atoms with Crippen LogP contribution in [-0.2, 0) is 0 Å². The Bertz CT molecular complexity index is 345. The summed E-state index contributed by atoms with van der Waals surface area (Å²) in [6, 6.07) is 3.88. The Hall–Kier alpha value is -1.22. The zero-order valence-corrected chi connectivity index (χ0v) is 8.50. The molecule has 2 N–H and O–H groups in total. The molecule has 1 aromatic carbocycles. The van der Waals surface area contributed by atoms with Crippen molar-refractivity contribution in [3.05, 3.63) is 23.3 Å². The molecule has 0 atom stereocenters. The fourth-order valence-corrected chi connectivity index (χ4v) is 1.75. The second-order valence-electron chi connectivity index (χ2n) is 3.76. The topological polar surface area (TPSA) is 41.5 Å². The minimum absolute atomic E-state index is 0.296. The summed E-state index contributed by atoms with van der Waals surface area (Å²) >= 11 is 0. The van der Waals surface area contributed by atoms with Gasteiger partial charge in [-0.05, 0) is 18.6 Å². The highest BCUT2D eigenvalue weighted by Crippen LogP contribution is 2.37. The van der Waals surface area contributed by atoms with E-state index < -0.39 is 0 Å². The molecule has 3 heteroatoms. The molecule has 0 spiro atoms. The van der Waals surface area contributed by atoms with E-state index in [2.05, 4.69) is 5.32 Å². The molecule has 14 heavy (non-hydrogen) atoms. The first-order valence-corrected chi connectivity index (χ1v) is 4.80. The summed E-state index contributed by atoms with van der Waals surface area (Å²) in [6.07, 6.45) is 0. The highest BCUT2D eigenvalue weighted by molar-refractivity contribution is 5.50. The maximum absolute atomic E-state index is 9.90. The van der Waals surface area contributed by atoms with Crippen LogP contribution < -0.4 is 10.1 Å². The highest BCUT2D eigenvalue weighted by Gasteiger charge is 2.23. The quantitative estimate of drug-likeness (QED) is 0.746. The van der Waals surface area contributed by atoms with Crippen LogP contribution in [0.3, 0.4) is 0 Å². The molecule has 0 saturated carbocycles. The number of aromatic hydroxyl groups is 1. The molecule has 1 heterocycles. The van der Waals surface area contributed by atoms with Gasteiger partial charge in [0.1, 0.15) is 0 Å². The Morgan fingerprint density at radius 2 is 2.14 bits per heavy atom. The lowest BCUT2D eigenvalue weighted by molar-refractivity contribution is 0.359. The summed E-state index contributed by atoms with van der Waals surface area (Å²) in [5.74, 6) is 1.31. The van der Waals surface area contributed by atoms with Gasteiger partial charge in [-0.25, -0.2) is 0 Å². The molecular weight excluding hydrogens is 178 g/mol. The van der Waals surface area contributed by atoms with Gasteiger partial charge in [-0.2, -0.15) is 0 Å². The third-order valence-corrected chi connectivity index (χ3v) is 2.69. The van der Waals surface area contributed by atoms with Gasteiger partial charge in [0.05, 0.1) is 7.11 Å². The largest absolute Gasteiger partial charge is 0.504 e. The van der Waals surface area contributed by atoms with Crippen molar-refractivity contribution in [3.63, 3.8) is 0 Å². The SMILES string of the molecule is COc1cc(C)cc(C2CNC2)c1O. The third kappa shape index (κ3) is 1.44. The van der Waals surface area contributed by atoms with E-state index >= 15 is 0 Å². The summed E-state index contributed by atoms with van der Waals surface area (Å²) in [6.45, 7) is 3.90. The van der Waals surface area contributed by atoms with E-state index in [4.69, 9.17) is 4.74 Å². The molecule has 1 fully saturated rings. The number of nitrogens with one attached hydrogen (secondary N) is 1. The minimum Gasteiger partial charge on any atom is -0.504 e. The van der Waals surface area contributed by atoms with Crippen LogP contribution >= 0.6 is 0 Å². The average Bonchev–Trinajstić information content (AvgIpc) is 2.07. The molecule has 3 nitrogen and oxygen atoms in total. The maximum atomic E-state index is 9.90. The van der Waals surface area contributed by atoms with Gasteiger partial charge in [-0.1, -0.05) is 6.07 Å². The number of rotatable bonds is 2. The second kappa shape index (κ2) is 3.50. The van der Waals surface area contributed by atoms with Gasteiger partial charge in [-0.3, -0.25) is 0 Å². The van der Waals surface area contributed by atoms with E-state index in [0.29, 0.717) is 17.4 Å². The lowest BCUT2D eigenvalue weighted by Gasteiger charge is -2.28. The van der Waals surface area contributed by atoms with E-state index in [1.807, 2.05) is 19.1 Å². The van der Waals surface area contributed by atoms with Crippen LogP contribution in [0.25, 0.3) is 0 Å². The lowest BCUT2D eigenvalue weighted by atomic mass is 9.91. The van der Waals surface area contributed by atoms with Crippen LogP contribution in [0.2, 0.25) is 0 Å². The first-order chi connectivity index (χ1) is 6.72. The van der Waals surface area contributed by atoms with E-state index in [0.717, 1.165) is 24.2 Å². The van der Waals surface area contributed by atoms with Gasteiger partial charge < -0.3 is 15.2 Å². The molecule has 0 unspecified atom stereocenters. The number of phenolic OH excluding ortho intramolecular Hbond substituents is 1. The highest BCUT2D eigenvalue weighted by atomic mass is 16.5. The fourth-order valence-electron chi connectivity index (χ4n) is 1.75. The zero-order valence-electron chi connectivity index (χ0n) is 8.50. The van der Waals surface area contributed by atoms with Crippen molar-refractivity contribution in [1.82, 2.24) is 5.32 Å². The molecule has 1 aliphatic rings. The summed E-state index contributed by atoms with van der Waals surface area (Å²) in [5, 5.41) is 13.1. The number of methoxy groups -OCH3 is 1. The van der Waals surface area contributed by atoms with Crippen LogP contribution in [0.1, 0.15) is 17.0 Å². The molecule has 2 rings (SSSR count). The van der Waals surface area contributed by atoms with Gasteiger partial charge in [0, 0.05) is 24.6 Å². The molecule has 1 aromatic rings. The number of hydrogen-bond donors (Lipinski definition) is 2. The second-order valence-corrected chi connectivity index (χ2v) is 3.76. The predicted octanol–water partition coefficient (Wildman–Crippen LogP) is 1.40. The van der Waals surface area contributed by atoms with Crippen molar-refractivity contribution in [2.24, 2.45) is 0 Å². The van der Waals surface area contributed by atoms with Gasteiger partial charge in [-0.15, -0.1) is 0 Å². The minimum atomic E-state index is 0.296. The maximum Gasteiger partial charge on any atom is 0.161 e. The molecule has 0 amide bonds. The van der Waals surface area contributed by atoms with Gasteiger partial charge in [0.15, 0.2) is 11.5 Å². The summed E-state index contributed by atoms with van der Waals surface area (Å²) < 4.78 is 5.11. The Balaban J connectivity index is 2.41. The van der Waals surface area contributed by atoms with Crippen molar-refractivity contribution in [2.75, 3.05) is 20.2 Å². The smallest absolute Gasteiger partial charge is 0.161 e. The number of hydrogen-bond acceptors (Lipinski definition) is 3. The predicted molar refractivity (Wildman–Crippen MR) is 55.0 cm³/mol. The molecule has 1 saturated heterocycles. The summed E-state index contributed by atoms with van der Waals surface area (Å²) in [4.78, 5) is 0. The molecule has 76 valence electrons. The molecule has 0 aromatic heterocycles. The van der Waals surface area contributed by atoms with E-state index in [-0.39, 0.29) is 0 Å².